The molecule has 1 N–H and O–H groups in total. The zero-order chi connectivity index (χ0) is 15.6. The minimum absolute atomic E-state index is 0.149. The van der Waals surface area contributed by atoms with Crippen LogP contribution in [-0.4, -0.2) is 27.4 Å². The largest absolute Gasteiger partial charge is 0.410 e. The van der Waals surface area contributed by atoms with E-state index in [1.807, 2.05) is 17.5 Å². The van der Waals surface area contributed by atoms with Crippen molar-refractivity contribution in [3.05, 3.63) is 17.5 Å². The number of hydrogen-bond acceptors (Lipinski definition) is 7. The van der Waals surface area contributed by atoms with E-state index >= 15 is 0 Å². The Bertz CT molecular complexity index is 703. The molecule has 0 radical (unpaired) electrons. The third kappa shape index (κ3) is 3.31. The Morgan fingerprint density at radius 1 is 1.64 bits per heavy atom. The van der Waals surface area contributed by atoms with E-state index < -0.39 is 5.54 Å². The molecule has 8 heteroatoms. The second-order valence-electron chi connectivity index (χ2n) is 5.28. The van der Waals surface area contributed by atoms with Gasteiger partial charge in [0.1, 0.15) is 5.54 Å². The molecule has 0 unspecified atom stereocenters. The molecule has 6 nitrogen and oxygen atoms in total. The molecule has 0 spiro atoms. The number of rotatable bonds is 6. The summed E-state index contributed by atoms with van der Waals surface area (Å²) >= 11 is 2.69. The number of hydrogen-bond donors (Lipinski definition) is 1. The quantitative estimate of drug-likeness (QED) is 0.817. The van der Waals surface area contributed by atoms with Gasteiger partial charge in [-0.3, -0.25) is 4.79 Å². The molecule has 0 saturated heterocycles. The highest BCUT2D eigenvalue weighted by Gasteiger charge is 2.42. The predicted octanol–water partition coefficient (Wildman–Crippen LogP) is 2.70. The van der Waals surface area contributed by atoms with Crippen molar-refractivity contribution in [1.82, 2.24) is 15.5 Å². The maximum absolute atomic E-state index is 12.0. The number of nitrogens with one attached hydrogen (secondary N) is 1. The molecule has 2 aromatic rings. The second kappa shape index (κ2) is 6.10. The Labute approximate surface area is 135 Å². The van der Waals surface area contributed by atoms with E-state index in [2.05, 4.69) is 21.6 Å². The monoisotopic (exact) mass is 334 g/mol. The van der Waals surface area contributed by atoms with Crippen molar-refractivity contribution in [3.8, 4) is 16.8 Å². The van der Waals surface area contributed by atoms with E-state index in [-0.39, 0.29) is 17.6 Å². The van der Waals surface area contributed by atoms with Gasteiger partial charge in [0.2, 0.25) is 5.91 Å². The fourth-order valence-corrected chi connectivity index (χ4v) is 3.31. The lowest BCUT2D eigenvalue weighted by atomic mass is 9.98. The van der Waals surface area contributed by atoms with Gasteiger partial charge in [0.25, 0.3) is 11.1 Å². The minimum atomic E-state index is -0.769. The second-order valence-corrected chi connectivity index (χ2v) is 7.15. The van der Waals surface area contributed by atoms with Gasteiger partial charge in [0, 0.05) is 0 Å². The number of carbonyl (C=O) groups is 1. The van der Waals surface area contributed by atoms with Crippen LogP contribution in [0.1, 0.15) is 19.8 Å². The summed E-state index contributed by atoms with van der Waals surface area (Å²) in [6.45, 7) is 1.77. The lowest BCUT2D eigenvalue weighted by Gasteiger charge is -2.22. The Kier molecular flexibility index (Phi) is 4.18. The van der Waals surface area contributed by atoms with Crippen molar-refractivity contribution in [2.45, 2.75) is 30.5 Å². The van der Waals surface area contributed by atoms with Crippen molar-refractivity contribution in [3.63, 3.8) is 0 Å². The van der Waals surface area contributed by atoms with Crippen LogP contribution < -0.4 is 5.32 Å². The molecule has 1 aliphatic carbocycles. The van der Waals surface area contributed by atoms with Crippen LogP contribution in [0.3, 0.4) is 0 Å². The third-order valence-corrected chi connectivity index (χ3v) is 5.17. The van der Waals surface area contributed by atoms with Gasteiger partial charge < -0.3 is 9.73 Å². The van der Waals surface area contributed by atoms with Gasteiger partial charge in [-0.05, 0) is 37.1 Å². The topological polar surface area (TPSA) is 91.8 Å². The molecule has 0 bridgehead atoms. The van der Waals surface area contributed by atoms with Gasteiger partial charge in [-0.25, -0.2) is 0 Å². The van der Waals surface area contributed by atoms with Gasteiger partial charge in [0.05, 0.1) is 16.7 Å². The first-order valence-corrected chi connectivity index (χ1v) is 8.70. The highest BCUT2D eigenvalue weighted by Crippen LogP contribution is 2.39. The molecule has 22 heavy (non-hydrogen) atoms. The third-order valence-electron chi connectivity index (χ3n) is 3.49. The van der Waals surface area contributed by atoms with Gasteiger partial charge in [-0.2, -0.15) is 5.26 Å². The van der Waals surface area contributed by atoms with Crippen LogP contribution in [0.25, 0.3) is 10.8 Å². The fourth-order valence-electron chi connectivity index (χ4n) is 2.10. The van der Waals surface area contributed by atoms with Crippen LogP contribution in [0.5, 0.6) is 0 Å². The maximum Gasteiger partial charge on any atom is 0.277 e. The number of nitriles is 1. The van der Waals surface area contributed by atoms with Gasteiger partial charge in [0.15, 0.2) is 0 Å². The Morgan fingerprint density at radius 3 is 3.09 bits per heavy atom. The molecule has 0 aliphatic heterocycles. The van der Waals surface area contributed by atoms with Crippen LogP contribution in [0, 0.1) is 17.2 Å². The number of thioether (sulfide) groups is 1. The van der Waals surface area contributed by atoms with Crippen molar-refractivity contribution in [1.29, 1.82) is 5.26 Å². The zero-order valence-electron chi connectivity index (χ0n) is 11.9. The number of thiophene rings is 1. The summed E-state index contributed by atoms with van der Waals surface area (Å²) in [4.78, 5) is 12.9. The molecule has 3 rings (SSSR count). The zero-order valence-corrected chi connectivity index (χ0v) is 13.5. The normalized spacial score (nSPS) is 16.7. The molecule has 0 aromatic carbocycles. The van der Waals surface area contributed by atoms with Crippen LogP contribution in [0.15, 0.2) is 27.2 Å². The molecule has 1 fully saturated rings. The first-order chi connectivity index (χ1) is 10.6. The summed E-state index contributed by atoms with van der Waals surface area (Å²) < 4.78 is 5.50. The van der Waals surface area contributed by atoms with Gasteiger partial charge in [-0.1, -0.05) is 17.8 Å². The van der Waals surface area contributed by atoms with Crippen molar-refractivity contribution >= 4 is 29.0 Å². The van der Waals surface area contributed by atoms with E-state index in [1.54, 1.807) is 6.92 Å². The molecular weight excluding hydrogens is 320 g/mol. The van der Waals surface area contributed by atoms with Crippen molar-refractivity contribution in [2.24, 2.45) is 5.92 Å². The Balaban J connectivity index is 1.54. The molecule has 1 aliphatic rings. The highest BCUT2D eigenvalue weighted by atomic mass is 32.2. The predicted molar refractivity (Wildman–Crippen MR) is 83.2 cm³/mol. The number of nitrogens with zero attached hydrogens (tertiary/aromatic N) is 3. The first-order valence-electron chi connectivity index (χ1n) is 6.83. The Hall–Kier alpha value is -1.85. The van der Waals surface area contributed by atoms with Crippen LogP contribution in [0.2, 0.25) is 0 Å². The molecular formula is C14H14N4O2S2. The van der Waals surface area contributed by atoms with Crippen molar-refractivity contribution in [2.75, 3.05) is 5.75 Å². The SMILES string of the molecule is C[C@@](C#N)(NC(=O)CSc1nnc(-c2cccs2)o1)C1CC1. The van der Waals surface area contributed by atoms with E-state index in [0.717, 1.165) is 17.7 Å². The number of amides is 1. The molecule has 1 amide bonds. The van der Waals surface area contributed by atoms with Crippen LogP contribution in [0.4, 0.5) is 0 Å². The van der Waals surface area contributed by atoms with Gasteiger partial charge in [-0.15, -0.1) is 21.5 Å². The molecule has 114 valence electrons. The Morgan fingerprint density at radius 2 is 2.45 bits per heavy atom. The first kappa shape index (κ1) is 15.1. The smallest absolute Gasteiger partial charge is 0.277 e. The summed E-state index contributed by atoms with van der Waals surface area (Å²) in [6, 6.07) is 6.00. The van der Waals surface area contributed by atoms with E-state index in [9.17, 15) is 10.1 Å². The molecule has 1 atom stereocenters. The summed E-state index contributed by atoms with van der Waals surface area (Å²) in [5, 5.41) is 22.2. The average molecular weight is 334 g/mol. The van der Waals surface area contributed by atoms with Crippen molar-refractivity contribution < 1.29 is 9.21 Å². The molecule has 1 saturated carbocycles. The average Bonchev–Trinajstić information content (AvgIpc) is 3.04. The van der Waals surface area contributed by atoms with E-state index in [0.29, 0.717) is 11.1 Å². The van der Waals surface area contributed by atoms with E-state index in [4.69, 9.17) is 4.42 Å². The lowest BCUT2D eigenvalue weighted by Crippen LogP contribution is -2.47. The summed E-state index contributed by atoms with van der Waals surface area (Å²) in [6.07, 6.45) is 1.98. The van der Waals surface area contributed by atoms with Crippen LogP contribution >= 0.6 is 23.1 Å². The highest BCUT2D eigenvalue weighted by molar-refractivity contribution is 7.99. The standard InChI is InChI=1S/C14H14N4O2S2/c1-14(8-15,9-4-5-9)16-11(19)7-22-13-18-17-12(20-13)10-3-2-6-21-10/h2-3,6,9H,4-5,7H2,1H3,(H,16,19)/t14-/m0/s1. The van der Waals surface area contributed by atoms with Crippen LogP contribution in [-0.2, 0) is 4.79 Å². The summed E-state index contributed by atoms with van der Waals surface area (Å²) in [5.74, 6) is 0.672. The lowest BCUT2D eigenvalue weighted by molar-refractivity contribution is -0.119. The minimum Gasteiger partial charge on any atom is -0.410 e. The van der Waals surface area contributed by atoms with Gasteiger partial charge >= 0.3 is 0 Å². The van der Waals surface area contributed by atoms with E-state index in [1.165, 1.54) is 23.1 Å². The number of aromatic nitrogens is 2. The summed E-state index contributed by atoms with van der Waals surface area (Å²) in [7, 11) is 0. The number of carbonyl (C=O) groups excluding carboxylic acids is 1. The molecule has 2 aromatic heterocycles. The maximum atomic E-state index is 12.0. The summed E-state index contributed by atoms with van der Waals surface area (Å²) in [5.41, 5.74) is -0.769. The molecule has 2 heterocycles. The fraction of sp³-hybridized carbons (Fsp3) is 0.429.